The number of hydrogen-bond donors (Lipinski definition) is 0. The summed E-state index contributed by atoms with van der Waals surface area (Å²) in [5.74, 6) is 0. The average molecular weight is 224 g/mol. The van der Waals surface area contributed by atoms with Gasteiger partial charge in [0.1, 0.15) is 0 Å². The van der Waals surface area contributed by atoms with Crippen molar-refractivity contribution in [3.8, 4) is 0 Å². The molecular weight excluding hydrogens is 216 g/mol. The van der Waals surface area contributed by atoms with Gasteiger partial charge in [0, 0.05) is 19.5 Å². The molecule has 8 heavy (non-hydrogen) atoms. The first-order valence-electron chi connectivity index (χ1n) is 2.00. The van der Waals surface area contributed by atoms with Crippen LogP contribution in [0.1, 0.15) is 0 Å². The zero-order valence-electron chi connectivity index (χ0n) is 4.67. The molecule has 0 amide bonds. The Balaban J connectivity index is 0. The second-order valence-corrected chi connectivity index (χ2v) is 1.15. The molecule has 0 bridgehead atoms. The average Bonchev–Trinajstić information content (AvgIpc) is 1.72. The van der Waals surface area contributed by atoms with Crippen LogP contribution >= 0.6 is 0 Å². The van der Waals surface area contributed by atoms with Crippen molar-refractivity contribution >= 4 is 17.1 Å². The third-order valence-corrected chi connectivity index (χ3v) is 0.667. The first-order valence-corrected chi connectivity index (χ1v) is 2.00. The Morgan fingerprint density at radius 3 is 0.750 bits per heavy atom. The zero-order chi connectivity index (χ0) is 4.24. The van der Waals surface area contributed by atoms with E-state index >= 15 is 0 Å². The van der Waals surface area contributed by atoms with Crippen LogP contribution in [0.3, 0.4) is 0 Å². The molecule has 0 fully saturated rings. The van der Waals surface area contributed by atoms with Crippen molar-refractivity contribution in [2.75, 3.05) is 0 Å². The molecule has 40 valence electrons. The van der Waals surface area contributed by atoms with E-state index < -0.39 is 0 Å². The molecule has 0 N–H and O–H groups in total. The predicted molar refractivity (Wildman–Crippen MR) is 35.0 cm³/mol. The van der Waals surface area contributed by atoms with E-state index in [1.165, 1.54) is 0 Å². The summed E-state index contributed by atoms with van der Waals surface area (Å²) in [4.78, 5) is 0. The first-order chi connectivity index (χ1) is 3.00. The molecule has 1 aromatic carbocycles. The molecule has 0 aromatic heterocycles. The quantitative estimate of drug-likeness (QED) is 0.571. The van der Waals surface area contributed by atoms with Gasteiger partial charge in [0.2, 0.25) is 0 Å². The van der Waals surface area contributed by atoms with Gasteiger partial charge >= 0.3 is 17.1 Å². The fourth-order valence-electron chi connectivity index (χ4n) is 0.385. The number of rotatable bonds is 0. The predicted octanol–water partition coefficient (Wildman–Crippen LogP) is 0.768. The Kier molecular flexibility index (Phi) is 10.3. The molecule has 0 aliphatic heterocycles. The van der Waals surface area contributed by atoms with Gasteiger partial charge in [0.25, 0.3) is 0 Å². The summed E-state index contributed by atoms with van der Waals surface area (Å²) in [7, 11) is 0. The van der Waals surface area contributed by atoms with Crippen LogP contribution in [0.2, 0.25) is 0 Å². The van der Waals surface area contributed by atoms with E-state index in [-0.39, 0.29) is 36.5 Å². The molecule has 0 nitrogen and oxygen atoms in total. The minimum atomic E-state index is 0. The standard InChI is InChI=1S/C6H6.H2Se.Zn/c1-2-4-6-5-3-1;;/h1-6H;1H2;. The van der Waals surface area contributed by atoms with Gasteiger partial charge in [-0.2, -0.15) is 0 Å². The van der Waals surface area contributed by atoms with E-state index in [4.69, 9.17) is 0 Å². The fourth-order valence-corrected chi connectivity index (χ4v) is 0.385. The molecular formula is C6H8SeZn. The van der Waals surface area contributed by atoms with Crippen molar-refractivity contribution in [3.05, 3.63) is 36.4 Å². The van der Waals surface area contributed by atoms with E-state index in [1.807, 2.05) is 36.4 Å². The zero-order valence-corrected chi connectivity index (χ0v) is 9.74. The molecule has 1 rings (SSSR count). The van der Waals surface area contributed by atoms with Crippen molar-refractivity contribution in [1.82, 2.24) is 0 Å². The van der Waals surface area contributed by atoms with E-state index in [2.05, 4.69) is 0 Å². The Morgan fingerprint density at radius 2 is 0.625 bits per heavy atom. The molecule has 0 spiro atoms. The van der Waals surface area contributed by atoms with Crippen molar-refractivity contribution in [2.45, 2.75) is 0 Å². The van der Waals surface area contributed by atoms with Gasteiger partial charge in [-0.25, -0.2) is 0 Å². The molecule has 0 atom stereocenters. The fraction of sp³-hybridized carbons (Fsp3) is 0. The molecule has 0 unspecified atom stereocenters. The monoisotopic (exact) mass is 224 g/mol. The Morgan fingerprint density at radius 1 is 0.500 bits per heavy atom. The summed E-state index contributed by atoms with van der Waals surface area (Å²) in [5, 5.41) is 0. The van der Waals surface area contributed by atoms with Crippen LogP contribution in [-0.4, -0.2) is 17.1 Å². The van der Waals surface area contributed by atoms with Crippen LogP contribution in [0, 0.1) is 0 Å². The first kappa shape index (κ1) is 11.2. The van der Waals surface area contributed by atoms with Crippen LogP contribution in [0.4, 0.5) is 0 Å². The maximum absolute atomic E-state index is 2.00. The largest absolute Gasteiger partial charge is 0.0623 e. The van der Waals surface area contributed by atoms with Crippen LogP contribution in [0.25, 0.3) is 0 Å². The van der Waals surface area contributed by atoms with Crippen molar-refractivity contribution in [3.63, 3.8) is 0 Å². The Labute approximate surface area is 72.9 Å². The van der Waals surface area contributed by atoms with Crippen LogP contribution in [0.15, 0.2) is 36.4 Å². The molecule has 2 heteroatoms. The number of benzene rings is 1. The minimum absolute atomic E-state index is 0. The van der Waals surface area contributed by atoms with E-state index in [0.29, 0.717) is 0 Å². The normalized spacial score (nSPS) is 6.00. The van der Waals surface area contributed by atoms with Gasteiger partial charge in [-0.1, -0.05) is 36.4 Å². The van der Waals surface area contributed by atoms with Gasteiger partial charge in [-0.05, 0) is 0 Å². The summed E-state index contributed by atoms with van der Waals surface area (Å²) in [6.07, 6.45) is 0. The summed E-state index contributed by atoms with van der Waals surface area (Å²) in [6.45, 7) is 0. The molecule has 1 aromatic rings. The Hall–Kier alpha value is 0.363. The second kappa shape index (κ2) is 7.36. The third kappa shape index (κ3) is 4.52. The Bertz CT molecular complexity index is 80.5. The van der Waals surface area contributed by atoms with E-state index in [0.717, 1.165) is 0 Å². The van der Waals surface area contributed by atoms with Crippen LogP contribution in [-0.2, 0) is 19.5 Å². The number of hydrogen-bond acceptors (Lipinski definition) is 0. The summed E-state index contributed by atoms with van der Waals surface area (Å²) in [5.41, 5.74) is 0. The minimum Gasteiger partial charge on any atom is -0.0623 e. The maximum atomic E-state index is 2.00. The van der Waals surface area contributed by atoms with Gasteiger partial charge in [0.05, 0.1) is 0 Å². The van der Waals surface area contributed by atoms with Crippen molar-refractivity contribution in [1.29, 1.82) is 0 Å². The summed E-state index contributed by atoms with van der Waals surface area (Å²) < 4.78 is 0. The van der Waals surface area contributed by atoms with Gasteiger partial charge < -0.3 is 0 Å². The molecule has 0 radical (unpaired) electrons. The SMILES string of the molecule is [SeH2].[Zn].c1ccccc1. The van der Waals surface area contributed by atoms with Gasteiger partial charge in [0.15, 0.2) is 0 Å². The molecule has 0 saturated carbocycles. The smallest absolute Gasteiger partial charge is 0 e. The summed E-state index contributed by atoms with van der Waals surface area (Å²) in [6, 6.07) is 12.0. The summed E-state index contributed by atoms with van der Waals surface area (Å²) >= 11 is 0. The third-order valence-electron chi connectivity index (χ3n) is 0.667. The molecule has 0 heterocycles. The van der Waals surface area contributed by atoms with Crippen molar-refractivity contribution in [2.24, 2.45) is 0 Å². The van der Waals surface area contributed by atoms with Gasteiger partial charge in [-0.15, -0.1) is 0 Å². The molecule has 0 aliphatic carbocycles. The van der Waals surface area contributed by atoms with Crippen LogP contribution in [0.5, 0.6) is 0 Å². The van der Waals surface area contributed by atoms with E-state index in [9.17, 15) is 0 Å². The topological polar surface area (TPSA) is 0 Å². The van der Waals surface area contributed by atoms with Crippen molar-refractivity contribution < 1.29 is 19.5 Å². The van der Waals surface area contributed by atoms with Crippen LogP contribution < -0.4 is 0 Å². The molecule has 0 saturated heterocycles. The second-order valence-electron chi connectivity index (χ2n) is 1.15. The molecule has 0 aliphatic rings. The van der Waals surface area contributed by atoms with E-state index in [1.54, 1.807) is 0 Å². The van der Waals surface area contributed by atoms with Gasteiger partial charge in [-0.3, -0.25) is 0 Å². The maximum Gasteiger partial charge on any atom is 0 e.